The topological polar surface area (TPSA) is 44.1 Å². The van der Waals surface area contributed by atoms with Crippen LogP contribution in [0.15, 0.2) is 34.8 Å². The van der Waals surface area contributed by atoms with Gasteiger partial charge in [0, 0.05) is 17.1 Å². The lowest BCUT2D eigenvalue weighted by Gasteiger charge is -2.07. The molecule has 0 fully saturated rings. The first-order valence-electron chi connectivity index (χ1n) is 6.66. The van der Waals surface area contributed by atoms with Gasteiger partial charge in [-0.05, 0) is 50.3 Å². The highest BCUT2D eigenvalue weighted by atomic mass is 79.9. The lowest BCUT2D eigenvalue weighted by atomic mass is 10.1. The van der Waals surface area contributed by atoms with E-state index in [0.717, 1.165) is 21.5 Å². The van der Waals surface area contributed by atoms with Crippen molar-refractivity contribution in [1.82, 2.24) is 9.78 Å². The number of carbonyl (C=O) groups is 1. The van der Waals surface area contributed by atoms with Crippen molar-refractivity contribution in [2.75, 3.05) is 6.61 Å². The van der Waals surface area contributed by atoms with Crippen LogP contribution in [-0.2, 0) is 7.05 Å². The number of aryl methyl sites for hydroxylation is 2. The van der Waals surface area contributed by atoms with Gasteiger partial charge in [0.25, 0.3) is 0 Å². The lowest BCUT2D eigenvalue weighted by molar-refractivity contribution is 0.103. The molecule has 21 heavy (non-hydrogen) atoms. The van der Waals surface area contributed by atoms with Crippen LogP contribution in [-0.4, -0.2) is 22.2 Å². The summed E-state index contributed by atoms with van der Waals surface area (Å²) in [5.74, 6) is 0.673. The zero-order valence-corrected chi connectivity index (χ0v) is 13.8. The summed E-state index contributed by atoms with van der Waals surface area (Å²) in [4.78, 5) is 12.2. The smallest absolute Gasteiger partial charge is 0.203 e. The largest absolute Gasteiger partial charge is 0.493 e. The molecule has 5 heteroatoms. The first-order chi connectivity index (χ1) is 10.0. The highest BCUT2D eigenvalue weighted by molar-refractivity contribution is 9.10. The van der Waals surface area contributed by atoms with Gasteiger partial charge in [-0.15, -0.1) is 0 Å². The van der Waals surface area contributed by atoms with Crippen LogP contribution in [0.1, 0.15) is 28.7 Å². The van der Waals surface area contributed by atoms with E-state index in [1.54, 1.807) is 29.9 Å². The first kappa shape index (κ1) is 15.5. The Hall–Kier alpha value is -1.88. The number of hydrogen-bond acceptors (Lipinski definition) is 3. The minimum atomic E-state index is -0.0828. The van der Waals surface area contributed by atoms with Gasteiger partial charge in [0.05, 0.1) is 12.3 Å². The fraction of sp³-hybridized carbons (Fsp3) is 0.250. The molecule has 0 spiro atoms. The normalized spacial score (nSPS) is 11.0. The quantitative estimate of drug-likeness (QED) is 0.609. The third-order valence-corrected chi connectivity index (χ3v) is 3.43. The van der Waals surface area contributed by atoms with Crippen LogP contribution in [0.4, 0.5) is 0 Å². The highest BCUT2D eigenvalue weighted by Crippen LogP contribution is 2.24. The van der Waals surface area contributed by atoms with E-state index < -0.39 is 0 Å². The summed E-state index contributed by atoms with van der Waals surface area (Å²) in [6.07, 6.45) is 3.31. The standard InChI is InChI=1S/C16H17BrN2O2/c1-4-21-16-8-6-13(17)10-12(16)5-7-15(20)14-9-11(2)18-19(14)3/h5-10H,4H2,1-3H3/b7-5+. The average molecular weight is 349 g/mol. The second-order valence-corrected chi connectivity index (χ2v) is 5.52. The Labute approximate surface area is 132 Å². The van der Waals surface area contributed by atoms with Gasteiger partial charge in [0.2, 0.25) is 5.78 Å². The van der Waals surface area contributed by atoms with E-state index in [1.807, 2.05) is 32.0 Å². The van der Waals surface area contributed by atoms with Gasteiger partial charge in [-0.1, -0.05) is 15.9 Å². The molecule has 0 aliphatic carbocycles. The Morgan fingerprint density at radius 2 is 2.19 bits per heavy atom. The molecule has 0 saturated carbocycles. The monoisotopic (exact) mass is 348 g/mol. The van der Waals surface area contributed by atoms with E-state index in [-0.39, 0.29) is 5.78 Å². The minimum absolute atomic E-state index is 0.0828. The number of hydrogen-bond donors (Lipinski definition) is 0. The maximum absolute atomic E-state index is 12.2. The molecule has 4 nitrogen and oxygen atoms in total. The van der Waals surface area contributed by atoms with E-state index in [9.17, 15) is 4.79 Å². The molecule has 2 rings (SSSR count). The zero-order valence-electron chi connectivity index (χ0n) is 12.3. The number of aromatic nitrogens is 2. The number of halogens is 1. The number of allylic oxidation sites excluding steroid dienone is 1. The van der Waals surface area contributed by atoms with Crippen LogP contribution < -0.4 is 4.74 Å². The highest BCUT2D eigenvalue weighted by Gasteiger charge is 2.09. The molecule has 0 N–H and O–H groups in total. The third-order valence-electron chi connectivity index (χ3n) is 2.94. The second-order valence-electron chi connectivity index (χ2n) is 4.61. The summed E-state index contributed by atoms with van der Waals surface area (Å²) < 4.78 is 8.09. The van der Waals surface area contributed by atoms with Crippen LogP contribution in [0.2, 0.25) is 0 Å². The van der Waals surface area contributed by atoms with Crippen molar-refractivity contribution in [2.24, 2.45) is 7.05 Å². The summed E-state index contributed by atoms with van der Waals surface area (Å²) in [6.45, 7) is 4.37. The molecule has 0 bridgehead atoms. The Balaban J connectivity index is 2.26. The van der Waals surface area contributed by atoms with Crippen molar-refractivity contribution in [2.45, 2.75) is 13.8 Å². The zero-order chi connectivity index (χ0) is 15.4. The molecular weight excluding hydrogens is 332 g/mol. The van der Waals surface area contributed by atoms with Gasteiger partial charge >= 0.3 is 0 Å². The summed E-state index contributed by atoms with van der Waals surface area (Å²) in [5, 5.41) is 4.18. The van der Waals surface area contributed by atoms with E-state index in [0.29, 0.717) is 12.3 Å². The molecule has 0 aliphatic heterocycles. The predicted octanol–water partition coefficient (Wildman–Crippen LogP) is 3.79. The lowest BCUT2D eigenvalue weighted by Crippen LogP contribution is -2.04. The Kier molecular flexibility index (Phi) is 4.96. The van der Waals surface area contributed by atoms with Crippen molar-refractivity contribution >= 4 is 27.8 Å². The van der Waals surface area contributed by atoms with Crippen molar-refractivity contribution in [3.8, 4) is 5.75 Å². The molecule has 0 unspecified atom stereocenters. The number of ether oxygens (including phenoxy) is 1. The third kappa shape index (κ3) is 3.82. The number of benzene rings is 1. The Morgan fingerprint density at radius 1 is 1.43 bits per heavy atom. The maximum atomic E-state index is 12.2. The van der Waals surface area contributed by atoms with Crippen LogP contribution in [0.3, 0.4) is 0 Å². The van der Waals surface area contributed by atoms with Crippen molar-refractivity contribution < 1.29 is 9.53 Å². The fourth-order valence-corrected chi connectivity index (χ4v) is 2.41. The molecular formula is C16H17BrN2O2. The summed E-state index contributed by atoms with van der Waals surface area (Å²) >= 11 is 3.43. The minimum Gasteiger partial charge on any atom is -0.493 e. The number of ketones is 1. The van der Waals surface area contributed by atoms with Gasteiger partial charge in [-0.3, -0.25) is 9.48 Å². The van der Waals surface area contributed by atoms with Crippen LogP contribution >= 0.6 is 15.9 Å². The van der Waals surface area contributed by atoms with E-state index in [2.05, 4.69) is 21.0 Å². The fourth-order valence-electron chi connectivity index (χ4n) is 2.03. The molecule has 110 valence electrons. The van der Waals surface area contributed by atoms with Crippen LogP contribution in [0.25, 0.3) is 6.08 Å². The molecule has 0 aliphatic rings. The molecule has 1 aromatic carbocycles. The van der Waals surface area contributed by atoms with Gasteiger partial charge < -0.3 is 4.74 Å². The average Bonchev–Trinajstić information content (AvgIpc) is 2.78. The molecule has 0 atom stereocenters. The maximum Gasteiger partial charge on any atom is 0.203 e. The Bertz CT molecular complexity index is 690. The molecule has 2 aromatic rings. The van der Waals surface area contributed by atoms with Crippen LogP contribution in [0.5, 0.6) is 5.75 Å². The number of carbonyl (C=O) groups excluding carboxylic acids is 1. The van der Waals surface area contributed by atoms with Gasteiger partial charge in [0.15, 0.2) is 0 Å². The number of nitrogens with zero attached hydrogens (tertiary/aromatic N) is 2. The SMILES string of the molecule is CCOc1ccc(Br)cc1/C=C/C(=O)c1cc(C)nn1C. The molecule has 0 saturated heterocycles. The molecule has 0 amide bonds. The van der Waals surface area contributed by atoms with E-state index in [1.165, 1.54) is 0 Å². The van der Waals surface area contributed by atoms with E-state index >= 15 is 0 Å². The molecule has 0 radical (unpaired) electrons. The van der Waals surface area contributed by atoms with E-state index in [4.69, 9.17) is 4.74 Å². The molecule has 1 heterocycles. The van der Waals surface area contributed by atoms with Gasteiger partial charge in [-0.25, -0.2) is 0 Å². The summed E-state index contributed by atoms with van der Waals surface area (Å²) in [5.41, 5.74) is 2.25. The first-order valence-corrected chi connectivity index (χ1v) is 7.46. The number of rotatable bonds is 5. The van der Waals surface area contributed by atoms with Gasteiger partial charge in [0.1, 0.15) is 11.4 Å². The summed E-state index contributed by atoms with van der Waals surface area (Å²) in [6, 6.07) is 7.49. The van der Waals surface area contributed by atoms with Crippen molar-refractivity contribution in [3.05, 3.63) is 51.8 Å². The van der Waals surface area contributed by atoms with Crippen LogP contribution in [0, 0.1) is 6.92 Å². The second kappa shape index (κ2) is 6.72. The Morgan fingerprint density at radius 3 is 2.81 bits per heavy atom. The van der Waals surface area contributed by atoms with Gasteiger partial charge in [-0.2, -0.15) is 5.10 Å². The predicted molar refractivity (Wildman–Crippen MR) is 86.6 cm³/mol. The molecule has 1 aromatic heterocycles. The van der Waals surface area contributed by atoms with Crippen molar-refractivity contribution in [3.63, 3.8) is 0 Å². The van der Waals surface area contributed by atoms with Crippen molar-refractivity contribution in [1.29, 1.82) is 0 Å². The summed E-state index contributed by atoms with van der Waals surface area (Å²) in [7, 11) is 1.76.